The van der Waals surface area contributed by atoms with E-state index in [0.717, 1.165) is 23.3 Å². The van der Waals surface area contributed by atoms with Gasteiger partial charge in [-0.3, -0.25) is 4.79 Å². The standard InChI is InChI=1S/C17H16F2N2O3S/c1-25(23,24)13-7-5-11(6-8-13)20-12-9-16(22)21(10-12)17-14(18)3-2-4-15(17)19/h2-8,12,20H,9-10H2,1H3. The van der Waals surface area contributed by atoms with Crippen LogP contribution in [0.15, 0.2) is 47.4 Å². The topological polar surface area (TPSA) is 66.5 Å². The second-order valence-electron chi connectivity index (χ2n) is 5.92. The first-order chi connectivity index (χ1) is 11.8. The van der Waals surface area contributed by atoms with E-state index >= 15 is 0 Å². The van der Waals surface area contributed by atoms with Crippen molar-refractivity contribution in [1.29, 1.82) is 0 Å². The molecular formula is C17H16F2N2O3S. The summed E-state index contributed by atoms with van der Waals surface area (Å²) in [5.41, 5.74) is 0.283. The Bertz CT molecular complexity index is 894. The van der Waals surface area contributed by atoms with Crippen LogP contribution in [0.25, 0.3) is 0 Å². The van der Waals surface area contributed by atoms with E-state index < -0.39 is 21.5 Å². The van der Waals surface area contributed by atoms with Gasteiger partial charge in [0.15, 0.2) is 9.84 Å². The number of hydrogen-bond acceptors (Lipinski definition) is 4. The molecule has 1 saturated heterocycles. The Morgan fingerprint density at radius 1 is 1.08 bits per heavy atom. The molecule has 25 heavy (non-hydrogen) atoms. The van der Waals surface area contributed by atoms with Crippen LogP contribution >= 0.6 is 0 Å². The molecule has 2 aromatic carbocycles. The maximum atomic E-state index is 13.9. The maximum Gasteiger partial charge on any atom is 0.229 e. The fraction of sp³-hybridized carbons (Fsp3) is 0.235. The number of carbonyl (C=O) groups is 1. The van der Waals surface area contributed by atoms with Crippen molar-refractivity contribution in [2.24, 2.45) is 0 Å². The van der Waals surface area contributed by atoms with Crippen molar-refractivity contribution in [2.75, 3.05) is 23.0 Å². The molecular weight excluding hydrogens is 350 g/mol. The van der Waals surface area contributed by atoms with Crippen LogP contribution in [-0.4, -0.2) is 33.2 Å². The third-order valence-electron chi connectivity index (χ3n) is 3.99. The van der Waals surface area contributed by atoms with Gasteiger partial charge in [-0.15, -0.1) is 0 Å². The third kappa shape index (κ3) is 3.63. The predicted octanol–water partition coefficient (Wildman–Crippen LogP) is 2.59. The molecule has 1 heterocycles. The quantitative estimate of drug-likeness (QED) is 0.903. The molecule has 2 aromatic rings. The first kappa shape index (κ1) is 17.3. The summed E-state index contributed by atoms with van der Waals surface area (Å²) in [7, 11) is -3.28. The van der Waals surface area contributed by atoms with Gasteiger partial charge >= 0.3 is 0 Å². The summed E-state index contributed by atoms with van der Waals surface area (Å²) >= 11 is 0. The average Bonchev–Trinajstić information content (AvgIpc) is 2.87. The van der Waals surface area contributed by atoms with Gasteiger partial charge in [0.2, 0.25) is 5.91 Å². The number of rotatable bonds is 4. The van der Waals surface area contributed by atoms with Gasteiger partial charge in [-0.2, -0.15) is 0 Å². The van der Waals surface area contributed by atoms with Gasteiger partial charge in [-0.25, -0.2) is 17.2 Å². The van der Waals surface area contributed by atoms with Crippen LogP contribution in [0.2, 0.25) is 0 Å². The number of nitrogens with one attached hydrogen (secondary N) is 1. The fourth-order valence-electron chi connectivity index (χ4n) is 2.80. The van der Waals surface area contributed by atoms with Crippen molar-refractivity contribution in [3.05, 3.63) is 54.1 Å². The summed E-state index contributed by atoms with van der Waals surface area (Å²) in [5.74, 6) is -1.95. The van der Waals surface area contributed by atoms with Crippen LogP contribution in [0.3, 0.4) is 0 Å². The molecule has 1 amide bonds. The van der Waals surface area contributed by atoms with E-state index in [2.05, 4.69) is 5.32 Å². The lowest BCUT2D eigenvalue weighted by atomic mass is 10.2. The molecule has 0 aromatic heterocycles. The van der Waals surface area contributed by atoms with Gasteiger partial charge in [0, 0.05) is 24.9 Å². The van der Waals surface area contributed by atoms with Gasteiger partial charge < -0.3 is 10.2 Å². The van der Waals surface area contributed by atoms with Gasteiger partial charge in [-0.1, -0.05) is 6.07 Å². The van der Waals surface area contributed by atoms with Gasteiger partial charge in [0.05, 0.1) is 10.9 Å². The molecule has 0 bridgehead atoms. The molecule has 5 nitrogen and oxygen atoms in total. The lowest BCUT2D eigenvalue weighted by Gasteiger charge is -2.19. The van der Waals surface area contributed by atoms with E-state index in [-0.39, 0.29) is 35.5 Å². The van der Waals surface area contributed by atoms with Crippen LogP contribution in [0.1, 0.15) is 6.42 Å². The molecule has 8 heteroatoms. The molecule has 132 valence electrons. The van der Waals surface area contributed by atoms with Crippen molar-refractivity contribution in [3.8, 4) is 0 Å². The first-order valence-corrected chi connectivity index (χ1v) is 9.46. The van der Waals surface area contributed by atoms with Crippen molar-refractivity contribution in [1.82, 2.24) is 0 Å². The molecule has 3 rings (SSSR count). The number of sulfone groups is 1. The molecule has 1 aliphatic heterocycles. The number of amides is 1. The lowest BCUT2D eigenvalue weighted by molar-refractivity contribution is -0.117. The Morgan fingerprint density at radius 3 is 2.24 bits per heavy atom. The van der Waals surface area contributed by atoms with Gasteiger partial charge in [0.25, 0.3) is 0 Å². The lowest BCUT2D eigenvalue weighted by Crippen LogP contribution is -2.29. The molecule has 1 atom stereocenters. The Hall–Kier alpha value is -2.48. The molecule has 0 spiro atoms. The molecule has 1 N–H and O–H groups in total. The zero-order valence-corrected chi connectivity index (χ0v) is 14.2. The second-order valence-corrected chi connectivity index (χ2v) is 7.93. The smallest absolute Gasteiger partial charge is 0.229 e. The number of carbonyl (C=O) groups excluding carboxylic acids is 1. The van der Waals surface area contributed by atoms with Crippen molar-refractivity contribution in [2.45, 2.75) is 17.4 Å². The summed E-state index contributed by atoms with van der Waals surface area (Å²) in [6, 6.07) is 9.22. The third-order valence-corrected chi connectivity index (χ3v) is 5.11. The minimum absolute atomic E-state index is 0.0849. The van der Waals surface area contributed by atoms with E-state index in [1.807, 2.05) is 0 Å². The minimum Gasteiger partial charge on any atom is -0.380 e. The highest BCUT2D eigenvalue weighted by molar-refractivity contribution is 7.90. The highest BCUT2D eigenvalue weighted by atomic mass is 32.2. The summed E-state index contributed by atoms with van der Waals surface area (Å²) in [4.78, 5) is 13.4. The van der Waals surface area contributed by atoms with E-state index in [4.69, 9.17) is 0 Å². The number of nitrogens with zero attached hydrogens (tertiary/aromatic N) is 1. The van der Waals surface area contributed by atoms with E-state index in [9.17, 15) is 22.0 Å². The number of benzene rings is 2. The van der Waals surface area contributed by atoms with Crippen molar-refractivity contribution >= 4 is 27.1 Å². The predicted molar refractivity (Wildman–Crippen MR) is 90.3 cm³/mol. The van der Waals surface area contributed by atoms with Crippen molar-refractivity contribution in [3.63, 3.8) is 0 Å². The SMILES string of the molecule is CS(=O)(=O)c1ccc(NC2CC(=O)N(c3c(F)cccc3F)C2)cc1. The fourth-order valence-corrected chi connectivity index (χ4v) is 3.43. The highest BCUT2D eigenvalue weighted by Crippen LogP contribution is 2.28. The Morgan fingerprint density at radius 2 is 1.68 bits per heavy atom. The largest absolute Gasteiger partial charge is 0.380 e. The number of anilines is 2. The Kier molecular flexibility index (Phi) is 4.47. The number of halogens is 2. The molecule has 1 aliphatic rings. The molecule has 0 saturated carbocycles. The average molecular weight is 366 g/mol. The number of para-hydroxylation sites is 1. The van der Waals surface area contributed by atoms with E-state index in [0.29, 0.717) is 5.69 Å². The monoisotopic (exact) mass is 366 g/mol. The van der Waals surface area contributed by atoms with E-state index in [1.165, 1.54) is 18.2 Å². The van der Waals surface area contributed by atoms with Crippen LogP contribution in [0, 0.1) is 11.6 Å². The van der Waals surface area contributed by atoms with Crippen LogP contribution in [-0.2, 0) is 14.6 Å². The molecule has 0 radical (unpaired) electrons. The van der Waals surface area contributed by atoms with Crippen LogP contribution < -0.4 is 10.2 Å². The summed E-state index contributed by atoms with van der Waals surface area (Å²) < 4.78 is 50.7. The summed E-state index contributed by atoms with van der Waals surface area (Å²) in [5, 5.41) is 3.09. The molecule has 0 aliphatic carbocycles. The van der Waals surface area contributed by atoms with E-state index in [1.54, 1.807) is 12.1 Å². The zero-order valence-electron chi connectivity index (χ0n) is 13.4. The van der Waals surface area contributed by atoms with Gasteiger partial charge in [-0.05, 0) is 36.4 Å². The van der Waals surface area contributed by atoms with Crippen LogP contribution in [0.4, 0.5) is 20.2 Å². The van der Waals surface area contributed by atoms with Crippen LogP contribution in [0.5, 0.6) is 0 Å². The maximum absolute atomic E-state index is 13.9. The summed E-state index contributed by atoms with van der Waals surface area (Å²) in [6.45, 7) is 0.116. The normalized spacial score (nSPS) is 17.8. The molecule has 1 fully saturated rings. The van der Waals surface area contributed by atoms with Gasteiger partial charge in [0.1, 0.15) is 17.3 Å². The Balaban J connectivity index is 1.75. The highest BCUT2D eigenvalue weighted by Gasteiger charge is 2.33. The van der Waals surface area contributed by atoms with Crippen molar-refractivity contribution < 1.29 is 22.0 Å². The Labute approximate surface area is 144 Å². The zero-order chi connectivity index (χ0) is 18.2. The summed E-state index contributed by atoms with van der Waals surface area (Å²) in [6.07, 6.45) is 1.20. The molecule has 1 unspecified atom stereocenters. The minimum atomic E-state index is -3.28. The first-order valence-electron chi connectivity index (χ1n) is 7.57. The number of hydrogen-bond donors (Lipinski definition) is 1. The second kappa shape index (κ2) is 6.44.